The van der Waals surface area contributed by atoms with Crippen LogP contribution in [-0.2, 0) is 32.7 Å². The molecular weight excluding hydrogens is 593 g/mol. The molecule has 4 rings (SSSR count). The van der Waals surface area contributed by atoms with E-state index in [0.717, 1.165) is 28.8 Å². The predicted molar refractivity (Wildman–Crippen MR) is 164 cm³/mol. The van der Waals surface area contributed by atoms with Crippen LogP contribution in [0.1, 0.15) is 23.6 Å². The first-order chi connectivity index (χ1) is 20.5. The highest BCUT2D eigenvalue weighted by Crippen LogP contribution is 2.20. The van der Waals surface area contributed by atoms with Crippen LogP contribution >= 0.6 is 11.6 Å². The third-order valence-corrected chi connectivity index (χ3v) is 8.26. The van der Waals surface area contributed by atoms with Gasteiger partial charge in [0.15, 0.2) is 6.61 Å². The van der Waals surface area contributed by atoms with Gasteiger partial charge in [-0.05, 0) is 85.6 Å². The Labute approximate surface area is 255 Å². The summed E-state index contributed by atoms with van der Waals surface area (Å²) in [6.45, 7) is 3.70. The molecule has 4 aromatic carbocycles. The van der Waals surface area contributed by atoms with Crippen molar-refractivity contribution in [2.75, 3.05) is 11.3 Å². The van der Waals surface area contributed by atoms with Crippen molar-refractivity contribution in [3.8, 4) is 5.75 Å². The molecule has 0 saturated heterocycles. The summed E-state index contributed by atoms with van der Waals surface area (Å²) in [6.07, 6.45) is 0. The van der Waals surface area contributed by atoms with Crippen LogP contribution in [0.5, 0.6) is 5.75 Å². The van der Waals surface area contributed by atoms with Crippen LogP contribution in [0.15, 0.2) is 102 Å². The van der Waals surface area contributed by atoms with E-state index in [4.69, 9.17) is 16.3 Å². The van der Waals surface area contributed by atoms with Crippen LogP contribution in [0.25, 0.3) is 0 Å². The summed E-state index contributed by atoms with van der Waals surface area (Å²) in [4.78, 5) is 27.8. The predicted octanol–water partition coefficient (Wildman–Crippen LogP) is 5.70. The Hall–Kier alpha value is -4.41. The van der Waals surface area contributed by atoms with Gasteiger partial charge in [-0.3, -0.25) is 14.3 Å². The van der Waals surface area contributed by atoms with Gasteiger partial charge in [-0.1, -0.05) is 53.6 Å². The van der Waals surface area contributed by atoms with Crippen LogP contribution in [0, 0.1) is 12.7 Å². The number of aryl methyl sites for hydroxylation is 1. The average Bonchev–Trinajstić information content (AvgIpc) is 3.00. The molecule has 0 heterocycles. The van der Waals surface area contributed by atoms with Gasteiger partial charge in [0, 0.05) is 23.8 Å². The summed E-state index contributed by atoms with van der Waals surface area (Å²) in [6, 6.07) is 24.4. The minimum atomic E-state index is -3.93. The van der Waals surface area contributed by atoms with E-state index in [1.807, 2.05) is 31.2 Å². The Balaban J connectivity index is 1.41. The zero-order valence-electron chi connectivity index (χ0n) is 23.6. The lowest BCUT2D eigenvalue weighted by Gasteiger charge is -2.29. The number of benzene rings is 4. The Morgan fingerprint density at radius 1 is 0.884 bits per heavy atom. The third-order valence-electron chi connectivity index (χ3n) is 6.61. The van der Waals surface area contributed by atoms with Crippen molar-refractivity contribution in [1.82, 2.24) is 10.2 Å². The summed E-state index contributed by atoms with van der Waals surface area (Å²) >= 11 is 6.02. The fourth-order valence-electron chi connectivity index (χ4n) is 4.09. The molecule has 0 aliphatic carbocycles. The van der Waals surface area contributed by atoms with Gasteiger partial charge in [0.2, 0.25) is 5.91 Å². The van der Waals surface area contributed by atoms with Gasteiger partial charge in [-0.2, -0.15) is 0 Å². The number of sulfonamides is 1. The van der Waals surface area contributed by atoms with Crippen molar-refractivity contribution in [2.45, 2.75) is 37.9 Å². The monoisotopic (exact) mass is 623 g/mol. The molecule has 2 N–H and O–H groups in total. The second-order valence-corrected chi connectivity index (χ2v) is 12.0. The molecule has 11 heteroatoms. The van der Waals surface area contributed by atoms with Gasteiger partial charge in [-0.25, -0.2) is 12.8 Å². The minimum absolute atomic E-state index is 0.0428. The van der Waals surface area contributed by atoms with E-state index in [-0.39, 0.29) is 35.4 Å². The smallest absolute Gasteiger partial charge is 0.261 e. The van der Waals surface area contributed by atoms with Gasteiger partial charge >= 0.3 is 0 Å². The van der Waals surface area contributed by atoms with Crippen molar-refractivity contribution in [2.24, 2.45) is 0 Å². The fraction of sp³-hybridized carbons (Fsp3) is 0.188. The first-order valence-corrected chi connectivity index (χ1v) is 15.2. The maximum atomic E-state index is 13.4. The topological polar surface area (TPSA) is 105 Å². The Morgan fingerprint density at radius 2 is 1.49 bits per heavy atom. The van der Waals surface area contributed by atoms with Crippen molar-refractivity contribution in [1.29, 1.82) is 0 Å². The number of rotatable bonds is 12. The molecule has 0 unspecified atom stereocenters. The van der Waals surface area contributed by atoms with E-state index in [1.54, 1.807) is 31.2 Å². The van der Waals surface area contributed by atoms with E-state index < -0.39 is 27.8 Å². The second kappa shape index (κ2) is 14.2. The number of halogens is 2. The molecule has 0 spiro atoms. The number of nitrogens with one attached hydrogen (secondary N) is 2. The number of amides is 2. The molecule has 4 aromatic rings. The van der Waals surface area contributed by atoms with Crippen LogP contribution in [0.3, 0.4) is 0 Å². The molecule has 43 heavy (non-hydrogen) atoms. The molecule has 0 fully saturated rings. The Morgan fingerprint density at radius 3 is 2.12 bits per heavy atom. The van der Waals surface area contributed by atoms with E-state index in [9.17, 15) is 22.4 Å². The lowest BCUT2D eigenvalue weighted by Crippen LogP contribution is -2.48. The summed E-state index contributed by atoms with van der Waals surface area (Å²) in [5.74, 6) is -0.992. The average molecular weight is 624 g/mol. The highest BCUT2D eigenvalue weighted by Gasteiger charge is 2.26. The van der Waals surface area contributed by atoms with Crippen molar-refractivity contribution >= 4 is 39.1 Å². The van der Waals surface area contributed by atoms with Gasteiger partial charge < -0.3 is 15.0 Å². The first kappa shape index (κ1) is 31.5. The molecule has 1 atom stereocenters. The number of carbonyl (C=O) groups excluding carboxylic acids is 2. The number of ether oxygens (including phenoxy) is 1. The maximum Gasteiger partial charge on any atom is 0.261 e. The number of nitrogens with zero attached hydrogens (tertiary/aromatic N) is 1. The fourth-order valence-corrected chi connectivity index (χ4v) is 5.27. The van der Waals surface area contributed by atoms with Gasteiger partial charge in [-0.15, -0.1) is 0 Å². The van der Waals surface area contributed by atoms with E-state index >= 15 is 0 Å². The molecular formula is C32H31ClFN3O5S. The summed E-state index contributed by atoms with van der Waals surface area (Å²) in [5, 5.41) is 3.43. The zero-order valence-corrected chi connectivity index (χ0v) is 25.2. The summed E-state index contributed by atoms with van der Waals surface area (Å²) < 4.78 is 46.6. The highest BCUT2D eigenvalue weighted by atomic mass is 35.5. The normalized spacial score (nSPS) is 11.8. The molecule has 0 saturated carbocycles. The summed E-state index contributed by atoms with van der Waals surface area (Å²) in [5.41, 5.74) is 3.04. The largest absolute Gasteiger partial charge is 0.484 e. The van der Waals surface area contributed by atoms with E-state index in [1.165, 1.54) is 41.3 Å². The second-order valence-electron chi connectivity index (χ2n) is 9.90. The van der Waals surface area contributed by atoms with Crippen molar-refractivity contribution in [3.63, 3.8) is 0 Å². The molecule has 0 aliphatic heterocycles. The van der Waals surface area contributed by atoms with E-state index in [0.29, 0.717) is 11.6 Å². The van der Waals surface area contributed by atoms with Crippen LogP contribution in [0.2, 0.25) is 5.02 Å². The van der Waals surface area contributed by atoms with Crippen LogP contribution in [0.4, 0.5) is 10.1 Å². The third kappa shape index (κ3) is 9.04. The lowest BCUT2D eigenvalue weighted by molar-refractivity contribution is -0.142. The van der Waals surface area contributed by atoms with Crippen LogP contribution in [-0.4, -0.2) is 37.8 Å². The molecule has 0 radical (unpaired) electrons. The number of anilines is 1. The zero-order chi connectivity index (χ0) is 31.0. The van der Waals surface area contributed by atoms with E-state index in [2.05, 4.69) is 10.0 Å². The highest BCUT2D eigenvalue weighted by molar-refractivity contribution is 7.92. The number of carbonyl (C=O) groups is 2. The molecule has 0 bridgehead atoms. The molecule has 2 amide bonds. The quantitative estimate of drug-likeness (QED) is 0.211. The van der Waals surface area contributed by atoms with Crippen molar-refractivity contribution in [3.05, 3.63) is 125 Å². The van der Waals surface area contributed by atoms with Crippen molar-refractivity contribution < 1.29 is 27.1 Å². The lowest BCUT2D eigenvalue weighted by atomic mass is 10.1. The summed E-state index contributed by atoms with van der Waals surface area (Å²) in [7, 11) is -3.93. The van der Waals surface area contributed by atoms with Crippen LogP contribution < -0.4 is 14.8 Å². The molecule has 0 aliphatic rings. The number of hydrogen-bond donors (Lipinski definition) is 2. The molecule has 224 valence electrons. The Bertz CT molecular complexity index is 1650. The molecule has 8 nitrogen and oxygen atoms in total. The molecule has 0 aromatic heterocycles. The Kier molecular flexibility index (Phi) is 10.4. The maximum absolute atomic E-state index is 13.4. The van der Waals surface area contributed by atoms with Gasteiger partial charge in [0.1, 0.15) is 17.6 Å². The number of hydrogen-bond acceptors (Lipinski definition) is 5. The minimum Gasteiger partial charge on any atom is -0.484 e. The first-order valence-electron chi connectivity index (χ1n) is 13.4. The van der Waals surface area contributed by atoms with Gasteiger partial charge in [0.05, 0.1) is 4.90 Å². The van der Waals surface area contributed by atoms with Gasteiger partial charge in [0.25, 0.3) is 15.9 Å². The SMILES string of the molecule is Cc1ccc(CNC(=O)[C@@H](C)N(Cc2ccc(Cl)cc2)C(=O)COc2ccc(S(=O)(=O)Nc3ccc(F)cc3)cc2)cc1. The standard InChI is InChI=1S/C32H31ClFN3O5S/c1-22-3-5-24(6-4-22)19-35-32(39)23(2)37(20-25-7-9-26(33)10-8-25)31(38)21-42-29-15-17-30(18-16-29)43(40,41)36-28-13-11-27(34)12-14-28/h3-18,23,36H,19-21H2,1-2H3,(H,35,39)/t23-/m1/s1.